The molecule has 2 amide bonds. The van der Waals surface area contributed by atoms with Gasteiger partial charge in [-0.3, -0.25) is 19.3 Å². The standard InChI is InChI=1S/C38H36ClN3O5/c1-38(2)21-29-35(32(44)22-38)37(27-17-16-26(20-28(27)39)47-23-24-10-5-3-6-11-24)42(30-14-9-15-31(43)36(30)41-29)34(46)19-18-33(45)40-25-12-7-4-8-13-25/h3-17,20,37,41,43H,18-19,21-23H2,1-2H3,(H,40,45). The van der Waals surface area contributed by atoms with E-state index in [0.29, 0.717) is 57.7 Å². The Morgan fingerprint density at radius 2 is 1.68 bits per heavy atom. The van der Waals surface area contributed by atoms with Crippen LogP contribution in [0.3, 0.4) is 0 Å². The van der Waals surface area contributed by atoms with Gasteiger partial charge in [0.05, 0.1) is 11.7 Å². The molecule has 1 unspecified atom stereocenters. The molecule has 4 aromatic carbocycles. The van der Waals surface area contributed by atoms with E-state index in [1.807, 2.05) is 62.4 Å². The van der Waals surface area contributed by atoms with E-state index in [2.05, 4.69) is 10.6 Å². The Morgan fingerprint density at radius 3 is 2.40 bits per heavy atom. The van der Waals surface area contributed by atoms with Crippen LogP contribution < -0.4 is 20.3 Å². The lowest BCUT2D eigenvalue weighted by molar-refractivity contribution is -0.123. The van der Waals surface area contributed by atoms with Crippen LogP contribution in [0.1, 0.15) is 56.7 Å². The topological polar surface area (TPSA) is 108 Å². The molecule has 1 atom stereocenters. The quantitative estimate of drug-likeness (QED) is 0.166. The summed E-state index contributed by atoms with van der Waals surface area (Å²) in [4.78, 5) is 42.8. The molecule has 240 valence electrons. The molecular weight excluding hydrogens is 614 g/mol. The summed E-state index contributed by atoms with van der Waals surface area (Å²) in [7, 11) is 0. The molecule has 1 heterocycles. The molecule has 0 spiro atoms. The van der Waals surface area contributed by atoms with Crippen LogP contribution >= 0.6 is 11.6 Å². The number of fused-ring (bicyclic) bond motifs is 1. The summed E-state index contributed by atoms with van der Waals surface area (Å²) < 4.78 is 6.02. The Balaban J connectivity index is 1.40. The van der Waals surface area contributed by atoms with Gasteiger partial charge in [0.15, 0.2) is 5.78 Å². The number of carbonyl (C=O) groups excluding carboxylic acids is 3. The van der Waals surface area contributed by atoms with E-state index in [0.717, 1.165) is 5.56 Å². The Hall–Kier alpha value is -5.08. The van der Waals surface area contributed by atoms with Gasteiger partial charge in [-0.2, -0.15) is 0 Å². The van der Waals surface area contributed by atoms with E-state index in [9.17, 15) is 19.5 Å². The van der Waals surface area contributed by atoms with Crippen molar-refractivity contribution >= 4 is 46.3 Å². The predicted molar refractivity (Wildman–Crippen MR) is 184 cm³/mol. The third-order valence-corrected chi connectivity index (χ3v) is 8.74. The van der Waals surface area contributed by atoms with Crippen molar-refractivity contribution in [3.05, 3.63) is 124 Å². The maximum absolute atomic E-state index is 14.3. The highest BCUT2D eigenvalue weighted by Crippen LogP contribution is 2.51. The molecule has 0 fully saturated rings. The van der Waals surface area contributed by atoms with Crippen molar-refractivity contribution in [1.82, 2.24) is 0 Å². The van der Waals surface area contributed by atoms with E-state index >= 15 is 0 Å². The molecule has 4 aromatic rings. The minimum atomic E-state index is -0.926. The fourth-order valence-electron chi connectivity index (χ4n) is 6.26. The lowest BCUT2D eigenvalue weighted by Crippen LogP contribution is -2.40. The first-order chi connectivity index (χ1) is 22.6. The van der Waals surface area contributed by atoms with Crippen LogP contribution in [0.2, 0.25) is 5.02 Å². The van der Waals surface area contributed by atoms with Crippen LogP contribution in [0.15, 0.2) is 108 Å². The van der Waals surface area contributed by atoms with Crippen molar-refractivity contribution in [3.63, 3.8) is 0 Å². The zero-order chi connectivity index (χ0) is 33.1. The van der Waals surface area contributed by atoms with Gasteiger partial charge >= 0.3 is 0 Å². The van der Waals surface area contributed by atoms with Crippen LogP contribution in [-0.2, 0) is 21.0 Å². The van der Waals surface area contributed by atoms with Crippen molar-refractivity contribution < 1.29 is 24.2 Å². The number of halogens is 1. The second kappa shape index (κ2) is 13.3. The SMILES string of the molecule is CC1(C)CC(=O)C2=C(C1)Nc1c(O)cccc1N(C(=O)CCC(=O)Nc1ccccc1)C2c1ccc(OCc2ccccc2)cc1Cl. The molecule has 8 nitrogen and oxygen atoms in total. The maximum Gasteiger partial charge on any atom is 0.228 e. The zero-order valence-electron chi connectivity index (χ0n) is 26.3. The van der Waals surface area contributed by atoms with Gasteiger partial charge in [-0.1, -0.05) is 86.1 Å². The van der Waals surface area contributed by atoms with Crippen molar-refractivity contribution in [1.29, 1.82) is 0 Å². The summed E-state index contributed by atoms with van der Waals surface area (Å²) in [6.45, 7) is 4.37. The molecule has 0 saturated heterocycles. The number of ether oxygens (including phenoxy) is 1. The number of nitrogens with zero attached hydrogens (tertiary/aromatic N) is 1. The number of aromatic hydroxyl groups is 1. The number of anilines is 3. The summed E-state index contributed by atoms with van der Waals surface area (Å²) in [6, 6.07) is 28.0. The number of allylic oxidation sites excluding steroid dienone is 1. The average molecular weight is 650 g/mol. The summed E-state index contributed by atoms with van der Waals surface area (Å²) in [5, 5.41) is 17.5. The number of ketones is 1. The number of Topliss-reactive ketones (excluding diaryl/α,β-unsaturated/α-hetero) is 1. The molecule has 3 N–H and O–H groups in total. The van der Waals surface area contributed by atoms with E-state index in [1.165, 1.54) is 11.0 Å². The van der Waals surface area contributed by atoms with Crippen LogP contribution in [0.4, 0.5) is 17.1 Å². The third-order valence-electron chi connectivity index (χ3n) is 8.41. The number of benzene rings is 4. The smallest absolute Gasteiger partial charge is 0.228 e. The van der Waals surface area contributed by atoms with Gasteiger partial charge in [0, 0.05) is 41.2 Å². The summed E-state index contributed by atoms with van der Waals surface area (Å²) in [5.74, 6) is -0.382. The lowest BCUT2D eigenvalue weighted by atomic mass is 9.73. The molecule has 6 rings (SSSR count). The Labute approximate surface area is 279 Å². The molecule has 9 heteroatoms. The molecule has 2 aliphatic rings. The number of phenols is 1. The summed E-state index contributed by atoms with van der Waals surface area (Å²) in [5.41, 5.74) is 3.52. The van der Waals surface area contributed by atoms with Crippen molar-refractivity contribution in [2.45, 2.75) is 52.2 Å². The first-order valence-electron chi connectivity index (χ1n) is 15.6. The van der Waals surface area contributed by atoms with Gasteiger partial charge in [0.1, 0.15) is 23.8 Å². The number of para-hydroxylation sites is 2. The van der Waals surface area contributed by atoms with Crippen molar-refractivity contribution in [2.24, 2.45) is 5.41 Å². The van der Waals surface area contributed by atoms with Crippen molar-refractivity contribution in [3.8, 4) is 11.5 Å². The molecule has 1 aliphatic carbocycles. The average Bonchev–Trinajstić information content (AvgIpc) is 3.18. The van der Waals surface area contributed by atoms with E-state index < -0.39 is 11.9 Å². The highest BCUT2D eigenvalue weighted by atomic mass is 35.5. The Bertz CT molecular complexity index is 1860. The van der Waals surface area contributed by atoms with E-state index in [1.54, 1.807) is 42.5 Å². The van der Waals surface area contributed by atoms with Gasteiger partial charge < -0.3 is 20.5 Å². The summed E-state index contributed by atoms with van der Waals surface area (Å²) >= 11 is 6.99. The zero-order valence-corrected chi connectivity index (χ0v) is 27.0. The third kappa shape index (κ3) is 7.03. The Morgan fingerprint density at radius 1 is 0.957 bits per heavy atom. The van der Waals surface area contributed by atoms with Gasteiger partial charge in [0.25, 0.3) is 0 Å². The second-order valence-corrected chi connectivity index (χ2v) is 13.1. The number of hydrogen-bond acceptors (Lipinski definition) is 6. The van der Waals surface area contributed by atoms with Crippen LogP contribution in [0.5, 0.6) is 11.5 Å². The number of amides is 2. The fraction of sp³-hybridized carbons (Fsp3) is 0.237. The minimum absolute atomic E-state index is 0.0683. The van der Waals surface area contributed by atoms with Gasteiger partial charge in [-0.05, 0) is 59.4 Å². The van der Waals surface area contributed by atoms with E-state index in [4.69, 9.17) is 16.3 Å². The normalized spacial score (nSPS) is 16.8. The number of carbonyl (C=O) groups is 3. The maximum atomic E-state index is 14.3. The molecular formula is C38H36ClN3O5. The highest BCUT2D eigenvalue weighted by molar-refractivity contribution is 6.31. The van der Waals surface area contributed by atoms with Crippen LogP contribution in [0.25, 0.3) is 0 Å². The molecule has 0 radical (unpaired) electrons. The number of rotatable bonds is 8. The monoisotopic (exact) mass is 649 g/mol. The molecule has 0 saturated carbocycles. The summed E-state index contributed by atoms with van der Waals surface area (Å²) in [6.07, 6.45) is 0.535. The van der Waals surface area contributed by atoms with Gasteiger partial charge in [0.2, 0.25) is 11.8 Å². The second-order valence-electron chi connectivity index (χ2n) is 12.7. The first kappa shape index (κ1) is 31.9. The molecule has 47 heavy (non-hydrogen) atoms. The Kier molecular flexibility index (Phi) is 9.05. The number of nitrogens with one attached hydrogen (secondary N) is 2. The molecule has 0 bridgehead atoms. The molecule has 1 aliphatic heterocycles. The fourth-order valence-corrected chi connectivity index (χ4v) is 6.53. The minimum Gasteiger partial charge on any atom is -0.506 e. The van der Waals surface area contributed by atoms with E-state index in [-0.39, 0.29) is 42.1 Å². The van der Waals surface area contributed by atoms with Crippen LogP contribution in [0, 0.1) is 5.41 Å². The van der Waals surface area contributed by atoms with Crippen molar-refractivity contribution in [2.75, 3.05) is 15.5 Å². The van der Waals surface area contributed by atoms with Gasteiger partial charge in [-0.25, -0.2) is 0 Å². The predicted octanol–water partition coefficient (Wildman–Crippen LogP) is 8.19. The number of phenolic OH excluding ortho intramolecular Hbond substituents is 1. The van der Waals surface area contributed by atoms with Gasteiger partial charge in [-0.15, -0.1) is 0 Å². The highest BCUT2D eigenvalue weighted by Gasteiger charge is 2.44. The largest absolute Gasteiger partial charge is 0.506 e. The van der Waals surface area contributed by atoms with Crippen LogP contribution in [-0.4, -0.2) is 22.7 Å². The number of hydrogen-bond donors (Lipinski definition) is 3. The lowest BCUT2D eigenvalue weighted by Gasteiger charge is -2.37. The molecule has 0 aromatic heterocycles. The first-order valence-corrected chi connectivity index (χ1v) is 16.0.